The number of nitrogens with zero attached hydrogens (tertiary/aromatic N) is 1. The van der Waals surface area contributed by atoms with Crippen LogP contribution >= 0.6 is 0 Å². The van der Waals surface area contributed by atoms with Gasteiger partial charge in [-0.3, -0.25) is 9.10 Å². The van der Waals surface area contributed by atoms with Gasteiger partial charge in [-0.25, -0.2) is 8.42 Å². The summed E-state index contributed by atoms with van der Waals surface area (Å²) >= 11 is 0. The van der Waals surface area contributed by atoms with E-state index in [1.807, 2.05) is 43.3 Å². The number of para-hydroxylation sites is 2. The van der Waals surface area contributed by atoms with Crippen molar-refractivity contribution in [3.63, 3.8) is 0 Å². The standard InChI is InChI=1S/C24H26N2O4S/c1-20-12-14-23(15-13-20)31(28,29)26(21-8-4-2-5-9-21)18-16-24(27)25-17-19-30-22-10-6-3-7-11-22/h2-15H,16-19H2,1H3,(H,25,27). The minimum Gasteiger partial charge on any atom is -0.492 e. The van der Waals surface area contributed by atoms with Crippen LogP contribution in [-0.2, 0) is 14.8 Å². The van der Waals surface area contributed by atoms with Crippen LogP contribution in [0.1, 0.15) is 12.0 Å². The molecular weight excluding hydrogens is 412 g/mol. The summed E-state index contributed by atoms with van der Waals surface area (Å²) in [6.07, 6.45) is 0.0331. The van der Waals surface area contributed by atoms with Crippen molar-refractivity contribution in [1.82, 2.24) is 5.32 Å². The van der Waals surface area contributed by atoms with Crippen molar-refractivity contribution in [3.8, 4) is 5.75 Å². The zero-order chi connectivity index (χ0) is 22.1. The van der Waals surface area contributed by atoms with Crippen LogP contribution in [0.25, 0.3) is 0 Å². The molecule has 0 saturated heterocycles. The Kier molecular flexibility index (Phi) is 7.67. The maximum Gasteiger partial charge on any atom is 0.264 e. The second-order valence-corrected chi connectivity index (χ2v) is 8.85. The molecule has 3 aromatic rings. The number of hydrogen-bond donors (Lipinski definition) is 1. The number of hydrogen-bond acceptors (Lipinski definition) is 4. The van der Waals surface area contributed by atoms with Crippen LogP contribution in [0.4, 0.5) is 5.69 Å². The molecule has 0 saturated carbocycles. The van der Waals surface area contributed by atoms with E-state index >= 15 is 0 Å². The minimum atomic E-state index is -3.80. The SMILES string of the molecule is Cc1ccc(S(=O)(=O)N(CCC(=O)NCCOc2ccccc2)c2ccccc2)cc1. The third kappa shape index (κ3) is 6.33. The van der Waals surface area contributed by atoms with Crippen molar-refractivity contribution < 1.29 is 17.9 Å². The monoisotopic (exact) mass is 438 g/mol. The fourth-order valence-electron chi connectivity index (χ4n) is 2.99. The number of rotatable bonds is 10. The van der Waals surface area contributed by atoms with Crippen molar-refractivity contribution in [2.24, 2.45) is 0 Å². The molecule has 0 atom stereocenters. The Bertz CT molecular complexity index is 1070. The van der Waals surface area contributed by atoms with Gasteiger partial charge in [-0.15, -0.1) is 0 Å². The Labute approximate surface area is 183 Å². The van der Waals surface area contributed by atoms with Gasteiger partial charge in [-0.2, -0.15) is 0 Å². The first-order chi connectivity index (χ1) is 15.0. The van der Waals surface area contributed by atoms with Crippen LogP contribution in [0, 0.1) is 6.92 Å². The lowest BCUT2D eigenvalue weighted by atomic mass is 10.2. The van der Waals surface area contributed by atoms with Gasteiger partial charge >= 0.3 is 0 Å². The zero-order valence-corrected chi connectivity index (χ0v) is 18.2. The largest absolute Gasteiger partial charge is 0.492 e. The van der Waals surface area contributed by atoms with E-state index in [9.17, 15) is 13.2 Å². The van der Waals surface area contributed by atoms with Gasteiger partial charge in [-0.1, -0.05) is 54.1 Å². The molecule has 0 spiro atoms. The van der Waals surface area contributed by atoms with Crippen molar-refractivity contribution >= 4 is 21.6 Å². The number of benzene rings is 3. The summed E-state index contributed by atoms with van der Waals surface area (Å²) < 4.78 is 33.3. The van der Waals surface area contributed by atoms with Gasteiger partial charge in [0.1, 0.15) is 12.4 Å². The molecule has 1 amide bonds. The van der Waals surface area contributed by atoms with E-state index in [2.05, 4.69) is 5.32 Å². The fraction of sp³-hybridized carbons (Fsp3) is 0.208. The second-order valence-electron chi connectivity index (χ2n) is 6.99. The smallest absolute Gasteiger partial charge is 0.264 e. The number of ether oxygens (including phenoxy) is 1. The maximum atomic E-state index is 13.2. The number of carbonyl (C=O) groups excluding carboxylic acids is 1. The number of carbonyl (C=O) groups is 1. The minimum absolute atomic E-state index is 0.0331. The number of sulfonamides is 1. The van der Waals surface area contributed by atoms with Crippen molar-refractivity contribution in [3.05, 3.63) is 90.5 Å². The Morgan fingerprint density at radius 1 is 0.903 bits per heavy atom. The lowest BCUT2D eigenvalue weighted by molar-refractivity contribution is -0.120. The summed E-state index contributed by atoms with van der Waals surface area (Å²) in [5, 5.41) is 2.77. The average Bonchev–Trinajstić information content (AvgIpc) is 2.78. The van der Waals surface area contributed by atoms with Crippen molar-refractivity contribution in [2.75, 3.05) is 24.0 Å². The molecule has 0 radical (unpaired) electrons. The first-order valence-corrected chi connectivity index (χ1v) is 11.5. The molecule has 3 aromatic carbocycles. The average molecular weight is 439 g/mol. The highest BCUT2D eigenvalue weighted by Crippen LogP contribution is 2.24. The molecule has 0 bridgehead atoms. The topological polar surface area (TPSA) is 75.7 Å². The predicted octanol–water partition coefficient (Wildman–Crippen LogP) is 3.78. The highest BCUT2D eigenvalue weighted by molar-refractivity contribution is 7.92. The molecule has 0 aliphatic rings. The molecule has 0 unspecified atom stereocenters. The van der Waals surface area contributed by atoms with E-state index in [0.29, 0.717) is 18.8 Å². The third-order valence-corrected chi connectivity index (χ3v) is 6.47. The van der Waals surface area contributed by atoms with Gasteiger partial charge in [0, 0.05) is 13.0 Å². The molecule has 0 aromatic heterocycles. The first-order valence-electron chi connectivity index (χ1n) is 10.1. The van der Waals surface area contributed by atoms with Gasteiger partial charge in [0.2, 0.25) is 5.91 Å². The molecule has 3 rings (SSSR count). The quantitative estimate of drug-likeness (QED) is 0.489. The Morgan fingerprint density at radius 3 is 2.16 bits per heavy atom. The summed E-state index contributed by atoms with van der Waals surface area (Å²) in [5.74, 6) is 0.493. The van der Waals surface area contributed by atoms with Gasteiger partial charge in [0.25, 0.3) is 10.0 Å². The molecule has 0 aliphatic heterocycles. The summed E-state index contributed by atoms with van der Waals surface area (Å²) in [6, 6.07) is 24.8. The van der Waals surface area contributed by atoms with Crippen molar-refractivity contribution in [2.45, 2.75) is 18.2 Å². The second kappa shape index (κ2) is 10.6. The van der Waals surface area contributed by atoms with Crippen LogP contribution in [0.5, 0.6) is 5.75 Å². The first kappa shape index (κ1) is 22.4. The molecule has 7 heteroatoms. The summed E-state index contributed by atoms with van der Waals surface area (Å²) in [6.45, 7) is 2.60. The van der Waals surface area contributed by atoms with E-state index in [-0.39, 0.29) is 23.8 Å². The third-order valence-electron chi connectivity index (χ3n) is 4.63. The highest BCUT2D eigenvalue weighted by atomic mass is 32.2. The van der Waals surface area contributed by atoms with Crippen LogP contribution in [0.15, 0.2) is 89.8 Å². The summed E-state index contributed by atoms with van der Waals surface area (Å²) in [5.41, 5.74) is 1.49. The Hall–Kier alpha value is -3.32. The molecule has 31 heavy (non-hydrogen) atoms. The van der Waals surface area contributed by atoms with E-state index in [4.69, 9.17) is 4.74 Å². The van der Waals surface area contributed by atoms with Crippen molar-refractivity contribution in [1.29, 1.82) is 0 Å². The van der Waals surface area contributed by atoms with Gasteiger partial charge in [0.15, 0.2) is 0 Å². The number of nitrogens with one attached hydrogen (secondary N) is 1. The van der Waals surface area contributed by atoms with Gasteiger partial charge < -0.3 is 10.1 Å². The van der Waals surface area contributed by atoms with Crippen LogP contribution < -0.4 is 14.4 Å². The normalized spacial score (nSPS) is 11.0. The zero-order valence-electron chi connectivity index (χ0n) is 17.4. The molecule has 162 valence electrons. The van der Waals surface area contributed by atoms with Crippen LogP contribution in [-0.4, -0.2) is 34.0 Å². The van der Waals surface area contributed by atoms with Crippen LogP contribution in [0.2, 0.25) is 0 Å². The molecule has 0 fully saturated rings. The Balaban J connectivity index is 1.61. The fourth-order valence-corrected chi connectivity index (χ4v) is 4.45. The van der Waals surface area contributed by atoms with E-state index in [0.717, 1.165) is 11.3 Å². The number of aryl methyl sites for hydroxylation is 1. The molecule has 0 heterocycles. The van der Waals surface area contributed by atoms with E-state index in [1.165, 1.54) is 4.31 Å². The lowest BCUT2D eigenvalue weighted by Crippen LogP contribution is -2.36. The van der Waals surface area contributed by atoms with E-state index in [1.54, 1.807) is 48.5 Å². The number of anilines is 1. The van der Waals surface area contributed by atoms with E-state index < -0.39 is 10.0 Å². The Morgan fingerprint density at radius 2 is 1.52 bits per heavy atom. The van der Waals surface area contributed by atoms with Gasteiger partial charge in [-0.05, 0) is 43.3 Å². The summed E-state index contributed by atoms with van der Waals surface area (Å²) in [4.78, 5) is 12.5. The molecule has 1 N–H and O–H groups in total. The molecular formula is C24H26N2O4S. The highest BCUT2D eigenvalue weighted by Gasteiger charge is 2.25. The summed E-state index contributed by atoms with van der Waals surface area (Å²) in [7, 11) is -3.80. The van der Waals surface area contributed by atoms with Crippen LogP contribution in [0.3, 0.4) is 0 Å². The molecule has 6 nitrogen and oxygen atoms in total. The molecule has 0 aliphatic carbocycles. The maximum absolute atomic E-state index is 13.2. The lowest BCUT2D eigenvalue weighted by Gasteiger charge is -2.24. The predicted molar refractivity (Wildman–Crippen MR) is 122 cm³/mol. The number of amides is 1. The van der Waals surface area contributed by atoms with Gasteiger partial charge in [0.05, 0.1) is 17.1 Å².